The zero-order valence-corrected chi connectivity index (χ0v) is 18.2. The summed E-state index contributed by atoms with van der Waals surface area (Å²) in [7, 11) is 1.88. The van der Waals surface area contributed by atoms with E-state index in [9.17, 15) is 4.79 Å². The van der Waals surface area contributed by atoms with Gasteiger partial charge in [-0.25, -0.2) is 9.97 Å². The van der Waals surface area contributed by atoms with Crippen LogP contribution in [0.25, 0.3) is 11.5 Å². The summed E-state index contributed by atoms with van der Waals surface area (Å²) >= 11 is 0. The molecule has 0 bridgehead atoms. The van der Waals surface area contributed by atoms with Gasteiger partial charge >= 0.3 is 0 Å². The van der Waals surface area contributed by atoms with E-state index in [0.717, 1.165) is 17.2 Å². The number of carbonyl (C=O) groups excluding carboxylic acids is 1. The van der Waals surface area contributed by atoms with E-state index in [1.807, 2.05) is 30.7 Å². The van der Waals surface area contributed by atoms with Crippen LogP contribution in [0.15, 0.2) is 73.3 Å². The highest BCUT2D eigenvalue weighted by Gasteiger charge is 2.13. The molecule has 2 N–H and O–H groups in total. The van der Waals surface area contributed by atoms with Crippen molar-refractivity contribution in [3.05, 3.63) is 79.7 Å². The Hall–Kier alpha value is -4.14. The first-order chi connectivity index (χ1) is 15.5. The van der Waals surface area contributed by atoms with E-state index in [4.69, 9.17) is 0 Å². The molecular weight excluding hydrogens is 404 g/mol. The van der Waals surface area contributed by atoms with Crippen LogP contribution in [0.2, 0.25) is 0 Å². The Bertz CT molecular complexity index is 1120. The molecule has 1 atom stereocenters. The first kappa shape index (κ1) is 22.5. The maximum atomic E-state index is 12.7. The smallest absolute Gasteiger partial charge is 0.251 e. The predicted molar refractivity (Wildman–Crippen MR) is 125 cm³/mol. The predicted octanol–water partition coefficient (Wildman–Crippen LogP) is 3.16. The van der Waals surface area contributed by atoms with Crippen LogP contribution < -0.4 is 10.6 Å². The quantitative estimate of drug-likeness (QED) is 0.478. The molecule has 0 saturated heterocycles. The average Bonchev–Trinajstić information content (AvgIpc) is 3.18. The van der Waals surface area contributed by atoms with Crippen molar-refractivity contribution in [3.8, 4) is 11.5 Å². The molecule has 1 amide bonds. The van der Waals surface area contributed by atoms with Gasteiger partial charge in [0.15, 0.2) is 11.6 Å². The lowest BCUT2D eigenvalue weighted by Gasteiger charge is -2.14. The highest BCUT2D eigenvalue weighted by molar-refractivity contribution is 5.97. The largest absolute Gasteiger partial charge is 0.378 e. The van der Waals surface area contributed by atoms with Crippen LogP contribution >= 0.6 is 0 Å². The molecule has 0 fully saturated rings. The van der Waals surface area contributed by atoms with Crippen LogP contribution in [0.3, 0.4) is 0 Å². The van der Waals surface area contributed by atoms with Crippen molar-refractivity contribution in [1.82, 2.24) is 30.0 Å². The number of allylic oxidation sites excluding steroid dienone is 1. The van der Waals surface area contributed by atoms with E-state index in [1.165, 1.54) is 12.5 Å². The third-order valence-corrected chi connectivity index (χ3v) is 4.74. The number of hydrogen-bond donors (Lipinski definition) is 2. The van der Waals surface area contributed by atoms with Crippen molar-refractivity contribution in [1.29, 1.82) is 0 Å². The van der Waals surface area contributed by atoms with Crippen LogP contribution in [-0.2, 0) is 13.6 Å². The molecule has 9 heteroatoms. The Morgan fingerprint density at radius 2 is 2.12 bits per heavy atom. The minimum Gasteiger partial charge on any atom is -0.378 e. The summed E-state index contributed by atoms with van der Waals surface area (Å²) in [6, 6.07) is 8.99. The summed E-state index contributed by atoms with van der Waals surface area (Å²) in [5.41, 5.74) is 2.83. The number of carbonyl (C=O) groups is 1. The molecule has 0 radical (unpaired) electrons. The molecule has 0 aliphatic heterocycles. The number of amides is 1. The molecule has 0 aliphatic carbocycles. The van der Waals surface area contributed by atoms with Gasteiger partial charge in [-0.2, -0.15) is 0 Å². The molecule has 2 aromatic heterocycles. The lowest BCUT2D eigenvalue weighted by molar-refractivity contribution is 0.0941. The van der Waals surface area contributed by atoms with Crippen molar-refractivity contribution >= 4 is 17.3 Å². The molecule has 164 valence electrons. The molecule has 1 aromatic carbocycles. The minimum atomic E-state index is -0.159. The SMILES string of the molecule is C=CN=C(C=C)CC(C)NC(=O)c1cccc(NCc2nnc(-c3ccncn3)n2C)c1. The van der Waals surface area contributed by atoms with Crippen molar-refractivity contribution in [3.63, 3.8) is 0 Å². The Kier molecular flexibility index (Phi) is 7.58. The third-order valence-electron chi connectivity index (χ3n) is 4.74. The van der Waals surface area contributed by atoms with E-state index in [0.29, 0.717) is 30.0 Å². The number of nitrogens with one attached hydrogen (secondary N) is 2. The molecule has 32 heavy (non-hydrogen) atoms. The molecule has 1 unspecified atom stereocenters. The Labute approximate surface area is 187 Å². The molecule has 3 rings (SSSR count). The second kappa shape index (κ2) is 10.8. The number of anilines is 1. The van der Waals surface area contributed by atoms with E-state index in [1.54, 1.807) is 30.5 Å². The zero-order valence-electron chi connectivity index (χ0n) is 18.2. The number of benzene rings is 1. The summed E-state index contributed by atoms with van der Waals surface area (Å²) in [5.74, 6) is 1.23. The van der Waals surface area contributed by atoms with Crippen molar-refractivity contribution < 1.29 is 4.79 Å². The van der Waals surface area contributed by atoms with Crippen LogP contribution in [0.1, 0.15) is 29.5 Å². The molecule has 2 heterocycles. The lowest BCUT2D eigenvalue weighted by Crippen LogP contribution is -2.34. The van der Waals surface area contributed by atoms with Crippen LogP contribution in [-0.4, -0.2) is 42.4 Å². The Balaban J connectivity index is 1.62. The zero-order chi connectivity index (χ0) is 22.9. The van der Waals surface area contributed by atoms with Gasteiger partial charge in [-0.15, -0.1) is 10.2 Å². The summed E-state index contributed by atoms with van der Waals surface area (Å²) in [5, 5.41) is 14.7. The minimum absolute atomic E-state index is 0.102. The second-order valence-corrected chi connectivity index (χ2v) is 7.11. The number of nitrogens with zero attached hydrogens (tertiary/aromatic N) is 6. The lowest BCUT2D eigenvalue weighted by atomic mass is 10.1. The molecule has 9 nitrogen and oxygen atoms in total. The number of aromatic nitrogens is 5. The first-order valence-electron chi connectivity index (χ1n) is 10.1. The topological polar surface area (TPSA) is 110 Å². The molecule has 0 aliphatic rings. The summed E-state index contributed by atoms with van der Waals surface area (Å²) in [6.07, 6.45) is 6.84. The highest BCUT2D eigenvalue weighted by atomic mass is 16.1. The molecular formula is C23H26N8O. The fourth-order valence-electron chi connectivity index (χ4n) is 3.09. The normalized spacial score (nSPS) is 12.1. The maximum Gasteiger partial charge on any atom is 0.251 e. The number of rotatable bonds is 10. The number of aliphatic imine (C=N–C) groups is 1. The Morgan fingerprint density at radius 1 is 1.28 bits per heavy atom. The van der Waals surface area contributed by atoms with Gasteiger partial charge < -0.3 is 15.2 Å². The Morgan fingerprint density at radius 3 is 2.84 bits per heavy atom. The summed E-state index contributed by atoms with van der Waals surface area (Å²) in [4.78, 5) is 24.9. The van der Waals surface area contributed by atoms with Gasteiger partial charge in [-0.3, -0.25) is 9.79 Å². The maximum absolute atomic E-state index is 12.7. The van der Waals surface area contributed by atoms with Crippen LogP contribution in [0.4, 0.5) is 5.69 Å². The third kappa shape index (κ3) is 5.72. The number of hydrogen-bond acceptors (Lipinski definition) is 7. The van der Waals surface area contributed by atoms with Crippen LogP contribution in [0.5, 0.6) is 0 Å². The van der Waals surface area contributed by atoms with E-state index >= 15 is 0 Å². The summed E-state index contributed by atoms with van der Waals surface area (Å²) < 4.78 is 1.87. The van der Waals surface area contributed by atoms with Gasteiger partial charge in [0.05, 0.1) is 6.54 Å². The van der Waals surface area contributed by atoms with Crippen LogP contribution in [0, 0.1) is 0 Å². The summed E-state index contributed by atoms with van der Waals surface area (Å²) in [6.45, 7) is 9.69. The van der Waals surface area contributed by atoms with Crippen molar-refractivity contribution in [2.24, 2.45) is 12.0 Å². The van der Waals surface area contributed by atoms with Gasteiger partial charge in [0, 0.05) is 48.9 Å². The second-order valence-electron chi connectivity index (χ2n) is 7.11. The van der Waals surface area contributed by atoms with Crippen molar-refractivity contribution in [2.45, 2.75) is 25.9 Å². The highest BCUT2D eigenvalue weighted by Crippen LogP contribution is 2.16. The monoisotopic (exact) mass is 430 g/mol. The fraction of sp³-hybridized carbons (Fsp3) is 0.217. The van der Waals surface area contributed by atoms with Crippen molar-refractivity contribution in [2.75, 3.05) is 5.32 Å². The van der Waals surface area contributed by atoms with E-state index < -0.39 is 0 Å². The molecule has 3 aromatic rings. The average molecular weight is 431 g/mol. The molecule has 0 saturated carbocycles. The van der Waals surface area contributed by atoms with Gasteiger partial charge in [-0.05, 0) is 37.3 Å². The van der Waals surface area contributed by atoms with Gasteiger partial charge in [0.2, 0.25) is 0 Å². The van der Waals surface area contributed by atoms with E-state index in [-0.39, 0.29) is 11.9 Å². The van der Waals surface area contributed by atoms with E-state index in [2.05, 4.69) is 48.9 Å². The fourth-order valence-corrected chi connectivity index (χ4v) is 3.09. The van der Waals surface area contributed by atoms with Gasteiger partial charge in [-0.1, -0.05) is 19.2 Å². The van der Waals surface area contributed by atoms with Gasteiger partial charge in [0.1, 0.15) is 12.0 Å². The first-order valence-corrected chi connectivity index (χ1v) is 10.1. The molecule has 0 spiro atoms. The standard InChI is InChI=1S/C23H26N8O/c1-5-18(25-6-2)12-16(3)28-23(32)17-8-7-9-19(13-17)26-14-21-29-30-22(31(21)4)20-10-11-24-15-27-20/h5-11,13,15-16,26H,1-2,12,14H2,3-4H3,(H,28,32). The van der Waals surface area contributed by atoms with Gasteiger partial charge in [0.25, 0.3) is 5.91 Å².